The van der Waals surface area contributed by atoms with Crippen molar-refractivity contribution in [3.05, 3.63) is 46.3 Å². The lowest BCUT2D eigenvalue weighted by Gasteiger charge is -2.44. The highest BCUT2D eigenvalue weighted by atomic mass is 35.5. The van der Waals surface area contributed by atoms with Gasteiger partial charge < -0.3 is 20.2 Å². The second-order valence-corrected chi connectivity index (χ2v) is 8.14. The molecule has 1 atom stereocenters. The van der Waals surface area contributed by atoms with Gasteiger partial charge in [0.25, 0.3) is 5.91 Å². The molecule has 9 heteroatoms. The minimum Gasteiger partial charge on any atom is -0.507 e. The number of amides is 1. The van der Waals surface area contributed by atoms with Gasteiger partial charge in [-0.3, -0.25) is 9.78 Å². The number of pyridine rings is 1. The maximum Gasteiger partial charge on any atom is 0.250 e. The molecule has 30 heavy (non-hydrogen) atoms. The molecule has 0 radical (unpaired) electrons. The number of phenols is 1. The van der Waals surface area contributed by atoms with E-state index in [1.54, 1.807) is 24.2 Å². The molecule has 1 saturated heterocycles. The molecule has 0 spiro atoms. The van der Waals surface area contributed by atoms with Crippen LogP contribution in [0.15, 0.2) is 30.5 Å². The fraction of sp³-hybridized carbons (Fsp3) is 0.238. The van der Waals surface area contributed by atoms with E-state index in [-0.39, 0.29) is 38.9 Å². The van der Waals surface area contributed by atoms with Crippen LogP contribution in [0.3, 0.4) is 0 Å². The van der Waals surface area contributed by atoms with E-state index in [0.717, 1.165) is 12.2 Å². The number of rotatable bonds is 1. The summed E-state index contributed by atoms with van der Waals surface area (Å²) in [6.45, 7) is 1.88. The molecule has 154 valence electrons. The molecule has 2 aromatic carbocycles. The molecule has 0 unspecified atom stereocenters. The number of fused-ring (bicyclic) bond motifs is 5. The van der Waals surface area contributed by atoms with Gasteiger partial charge in [-0.05, 0) is 18.2 Å². The molecule has 2 aliphatic rings. The zero-order valence-electron chi connectivity index (χ0n) is 15.9. The first-order valence-corrected chi connectivity index (χ1v) is 10.2. The third-order valence-electron chi connectivity index (χ3n) is 5.76. The van der Waals surface area contributed by atoms with Gasteiger partial charge in [0.1, 0.15) is 17.6 Å². The van der Waals surface area contributed by atoms with E-state index in [2.05, 4.69) is 10.3 Å². The van der Waals surface area contributed by atoms with Gasteiger partial charge in [-0.25, -0.2) is 4.39 Å². The van der Waals surface area contributed by atoms with E-state index in [1.165, 1.54) is 18.2 Å². The van der Waals surface area contributed by atoms with E-state index in [4.69, 9.17) is 23.2 Å². The van der Waals surface area contributed by atoms with E-state index in [9.17, 15) is 14.3 Å². The Morgan fingerprint density at radius 1 is 1.30 bits per heavy atom. The van der Waals surface area contributed by atoms with Gasteiger partial charge >= 0.3 is 0 Å². The van der Waals surface area contributed by atoms with Crippen molar-refractivity contribution in [3.63, 3.8) is 0 Å². The standard InChI is InChI=1S/C21H17Cl2FN4O2/c1-27-13-9-26-12-7-10(16-11(24)3-2-4-15(16)29)18(22)19(23)17(12)20(13)28-6-5-25-8-14(28)21(27)30/h2-4,7,9,14,25,29H,5-6,8H2,1H3/t14-/m1/s1. The Bertz CT molecular complexity index is 1200. The van der Waals surface area contributed by atoms with Gasteiger partial charge in [-0.15, -0.1) is 0 Å². The number of hydrogen-bond acceptors (Lipinski definition) is 5. The van der Waals surface area contributed by atoms with Crippen molar-refractivity contribution in [2.45, 2.75) is 6.04 Å². The van der Waals surface area contributed by atoms with Crippen LogP contribution in [0.1, 0.15) is 0 Å². The number of nitrogens with zero attached hydrogens (tertiary/aromatic N) is 3. The Morgan fingerprint density at radius 2 is 2.10 bits per heavy atom. The number of phenolic OH excluding ortho intramolecular Hbond substituents is 1. The SMILES string of the molecule is CN1C(=O)[C@H]2CNCCN2c2c1cnc1cc(-c3c(O)cccc3F)c(Cl)c(Cl)c21. The summed E-state index contributed by atoms with van der Waals surface area (Å²) >= 11 is 13.3. The highest BCUT2D eigenvalue weighted by Gasteiger charge is 2.40. The van der Waals surface area contributed by atoms with Crippen molar-refractivity contribution in [2.75, 3.05) is 36.5 Å². The monoisotopic (exact) mass is 446 g/mol. The van der Waals surface area contributed by atoms with Gasteiger partial charge in [0.2, 0.25) is 0 Å². The molecule has 0 aliphatic carbocycles. The van der Waals surface area contributed by atoms with Crippen LogP contribution >= 0.6 is 23.2 Å². The van der Waals surface area contributed by atoms with Crippen LogP contribution in [0.2, 0.25) is 10.0 Å². The molecule has 1 fully saturated rings. The minimum atomic E-state index is -0.613. The number of carbonyl (C=O) groups is 1. The number of piperazine rings is 1. The zero-order chi connectivity index (χ0) is 21.2. The first kappa shape index (κ1) is 19.4. The lowest BCUT2D eigenvalue weighted by Crippen LogP contribution is -2.61. The summed E-state index contributed by atoms with van der Waals surface area (Å²) in [5, 5.41) is 14.4. The molecule has 0 saturated carbocycles. The summed E-state index contributed by atoms with van der Waals surface area (Å²) in [4.78, 5) is 20.9. The summed E-state index contributed by atoms with van der Waals surface area (Å²) in [6.07, 6.45) is 1.61. The first-order chi connectivity index (χ1) is 14.4. The van der Waals surface area contributed by atoms with Crippen molar-refractivity contribution in [1.29, 1.82) is 0 Å². The summed E-state index contributed by atoms with van der Waals surface area (Å²) in [5.41, 5.74) is 2.16. The lowest BCUT2D eigenvalue weighted by atomic mass is 9.98. The maximum atomic E-state index is 14.5. The van der Waals surface area contributed by atoms with Gasteiger partial charge in [0.05, 0.1) is 38.7 Å². The number of halogens is 3. The molecule has 3 aromatic rings. The molecule has 3 heterocycles. The number of aromatic hydroxyl groups is 1. The van der Waals surface area contributed by atoms with Gasteiger partial charge in [-0.1, -0.05) is 29.3 Å². The predicted octanol–water partition coefficient (Wildman–Crippen LogP) is 3.81. The fourth-order valence-corrected chi connectivity index (χ4v) is 4.82. The first-order valence-electron chi connectivity index (χ1n) is 9.43. The van der Waals surface area contributed by atoms with E-state index in [1.807, 2.05) is 4.90 Å². The molecule has 0 bridgehead atoms. The Labute approximate surface area is 181 Å². The van der Waals surface area contributed by atoms with E-state index >= 15 is 0 Å². The van der Waals surface area contributed by atoms with Crippen LogP contribution in [0.25, 0.3) is 22.0 Å². The second kappa shape index (κ2) is 6.97. The topological polar surface area (TPSA) is 68.7 Å². The zero-order valence-corrected chi connectivity index (χ0v) is 17.4. The number of carbonyl (C=O) groups excluding carboxylic acids is 1. The second-order valence-electron chi connectivity index (χ2n) is 7.38. The van der Waals surface area contributed by atoms with Crippen molar-refractivity contribution < 1.29 is 14.3 Å². The average Bonchev–Trinajstić information content (AvgIpc) is 2.74. The molecule has 2 N–H and O–H groups in total. The van der Waals surface area contributed by atoms with Crippen molar-refractivity contribution in [3.8, 4) is 16.9 Å². The number of benzene rings is 2. The van der Waals surface area contributed by atoms with Crippen molar-refractivity contribution in [1.82, 2.24) is 10.3 Å². The third kappa shape index (κ3) is 2.66. The van der Waals surface area contributed by atoms with Crippen LogP contribution in [0, 0.1) is 5.82 Å². The number of hydrogen-bond donors (Lipinski definition) is 2. The van der Waals surface area contributed by atoms with Crippen molar-refractivity contribution in [2.24, 2.45) is 0 Å². The summed E-state index contributed by atoms with van der Waals surface area (Å²) in [7, 11) is 1.71. The summed E-state index contributed by atoms with van der Waals surface area (Å²) in [5.74, 6) is -0.874. The van der Waals surface area contributed by atoms with Crippen LogP contribution in [0.5, 0.6) is 5.75 Å². The number of likely N-dealkylation sites (N-methyl/N-ethyl adjacent to an activating group) is 1. The highest BCUT2D eigenvalue weighted by molar-refractivity contribution is 6.48. The summed E-state index contributed by atoms with van der Waals surface area (Å²) < 4.78 is 14.5. The number of anilines is 2. The Kier molecular flexibility index (Phi) is 4.50. The lowest BCUT2D eigenvalue weighted by molar-refractivity contribution is -0.120. The fourth-order valence-electron chi connectivity index (χ4n) is 4.29. The third-order valence-corrected chi connectivity index (χ3v) is 6.63. The number of nitrogens with one attached hydrogen (secondary N) is 1. The smallest absolute Gasteiger partial charge is 0.250 e. The Morgan fingerprint density at radius 3 is 2.87 bits per heavy atom. The largest absolute Gasteiger partial charge is 0.507 e. The molecular weight excluding hydrogens is 430 g/mol. The number of aromatic nitrogens is 1. The molecule has 1 amide bonds. The predicted molar refractivity (Wildman–Crippen MR) is 116 cm³/mol. The van der Waals surface area contributed by atoms with E-state index < -0.39 is 5.82 Å². The highest BCUT2D eigenvalue weighted by Crippen LogP contribution is 2.49. The van der Waals surface area contributed by atoms with Crippen LogP contribution < -0.4 is 15.1 Å². The van der Waals surface area contributed by atoms with Gasteiger partial charge in [-0.2, -0.15) is 0 Å². The molecule has 5 rings (SSSR count). The Hall–Kier alpha value is -2.61. The summed E-state index contributed by atoms with van der Waals surface area (Å²) in [6, 6.07) is 5.31. The van der Waals surface area contributed by atoms with Gasteiger partial charge in [0.15, 0.2) is 0 Å². The normalized spacial score (nSPS) is 18.5. The minimum absolute atomic E-state index is 0.0223. The van der Waals surface area contributed by atoms with Crippen LogP contribution in [0.4, 0.5) is 15.8 Å². The van der Waals surface area contributed by atoms with Crippen LogP contribution in [-0.2, 0) is 4.79 Å². The Balaban J connectivity index is 1.82. The average molecular weight is 447 g/mol. The molecule has 2 aliphatic heterocycles. The van der Waals surface area contributed by atoms with Gasteiger partial charge in [0, 0.05) is 37.6 Å². The molecule has 1 aromatic heterocycles. The maximum absolute atomic E-state index is 14.5. The molecular formula is C21H17Cl2FN4O2. The molecule has 6 nitrogen and oxygen atoms in total. The van der Waals surface area contributed by atoms with Crippen molar-refractivity contribution >= 4 is 51.4 Å². The van der Waals surface area contributed by atoms with Crippen LogP contribution in [-0.4, -0.2) is 48.7 Å². The van der Waals surface area contributed by atoms with E-state index in [0.29, 0.717) is 29.7 Å². The quantitative estimate of drug-likeness (QED) is 0.594.